The van der Waals surface area contributed by atoms with Gasteiger partial charge in [0.05, 0.1) is 0 Å². The van der Waals surface area contributed by atoms with Crippen molar-refractivity contribution >= 4 is 11.9 Å². The SMILES string of the molecule is CCCCCCCCC(C(=O)O)(C(=O)O)C(C)(C)C. The number of rotatable bonds is 9. The first kappa shape index (κ1) is 17.9. The number of carbonyl (C=O) groups is 2. The summed E-state index contributed by atoms with van der Waals surface area (Å²) >= 11 is 0. The van der Waals surface area contributed by atoms with Gasteiger partial charge in [-0.15, -0.1) is 0 Å². The fraction of sp³-hybridized carbons (Fsp3) is 0.867. The Morgan fingerprint density at radius 2 is 1.26 bits per heavy atom. The van der Waals surface area contributed by atoms with Crippen molar-refractivity contribution in [2.24, 2.45) is 10.8 Å². The average molecular weight is 272 g/mol. The molecule has 0 unspecified atom stereocenters. The van der Waals surface area contributed by atoms with E-state index in [1.54, 1.807) is 20.8 Å². The van der Waals surface area contributed by atoms with Gasteiger partial charge >= 0.3 is 11.9 Å². The molecule has 0 aromatic heterocycles. The van der Waals surface area contributed by atoms with Gasteiger partial charge in [-0.05, 0) is 11.8 Å². The van der Waals surface area contributed by atoms with Gasteiger partial charge in [0.1, 0.15) is 0 Å². The van der Waals surface area contributed by atoms with Crippen molar-refractivity contribution < 1.29 is 19.8 Å². The summed E-state index contributed by atoms with van der Waals surface area (Å²) < 4.78 is 0. The molecular weight excluding hydrogens is 244 g/mol. The number of unbranched alkanes of at least 4 members (excludes halogenated alkanes) is 5. The number of hydrogen-bond acceptors (Lipinski definition) is 2. The van der Waals surface area contributed by atoms with Crippen molar-refractivity contribution in [3.63, 3.8) is 0 Å². The molecule has 19 heavy (non-hydrogen) atoms. The second-order valence-electron chi connectivity index (χ2n) is 6.28. The molecule has 0 bridgehead atoms. The van der Waals surface area contributed by atoms with E-state index in [0.29, 0.717) is 6.42 Å². The molecule has 0 atom stereocenters. The molecule has 0 aliphatic heterocycles. The fourth-order valence-corrected chi connectivity index (χ4v) is 2.49. The predicted octanol–water partition coefficient (Wildman–Crippen LogP) is 3.94. The molecule has 112 valence electrons. The highest BCUT2D eigenvalue weighted by Crippen LogP contribution is 2.43. The summed E-state index contributed by atoms with van der Waals surface area (Å²) in [7, 11) is 0. The van der Waals surface area contributed by atoms with Gasteiger partial charge in [-0.2, -0.15) is 0 Å². The van der Waals surface area contributed by atoms with E-state index in [1.165, 1.54) is 6.42 Å². The van der Waals surface area contributed by atoms with Gasteiger partial charge < -0.3 is 10.2 Å². The summed E-state index contributed by atoms with van der Waals surface area (Å²) in [5, 5.41) is 18.8. The summed E-state index contributed by atoms with van der Waals surface area (Å²) in [5.41, 5.74) is -2.48. The predicted molar refractivity (Wildman–Crippen MR) is 75.2 cm³/mol. The van der Waals surface area contributed by atoms with Gasteiger partial charge in [0.25, 0.3) is 0 Å². The van der Waals surface area contributed by atoms with Gasteiger partial charge in [-0.25, -0.2) is 0 Å². The van der Waals surface area contributed by atoms with E-state index in [1.807, 2.05) is 0 Å². The highest BCUT2D eigenvalue weighted by atomic mass is 16.4. The summed E-state index contributed by atoms with van der Waals surface area (Å²) in [6.45, 7) is 7.20. The topological polar surface area (TPSA) is 74.6 Å². The van der Waals surface area contributed by atoms with Crippen LogP contribution in [0.2, 0.25) is 0 Å². The molecule has 0 heterocycles. The Labute approximate surface area is 116 Å². The van der Waals surface area contributed by atoms with Crippen LogP contribution in [-0.2, 0) is 9.59 Å². The van der Waals surface area contributed by atoms with E-state index >= 15 is 0 Å². The minimum absolute atomic E-state index is 0.202. The summed E-state index contributed by atoms with van der Waals surface area (Å²) in [5.74, 6) is -2.44. The van der Waals surface area contributed by atoms with Gasteiger partial charge in [0.15, 0.2) is 5.41 Å². The van der Waals surface area contributed by atoms with Crippen molar-refractivity contribution in [1.82, 2.24) is 0 Å². The molecule has 4 nitrogen and oxygen atoms in total. The molecule has 0 saturated heterocycles. The highest BCUT2D eigenvalue weighted by molar-refractivity contribution is 5.99. The largest absolute Gasteiger partial charge is 0.480 e. The smallest absolute Gasteiger partial charge is 0.321 e. The second kappa shape index (κ2) is 7.51. The first-order valence-corrected chi connectivity index (χ1v) is 7.17. The van der Waals surface area contributed by atoms with Crippen LogP contribution in [0.4, 0.5) is 0 Å². The molecule has 4 heteroatoms. The highest BCUT2D eigenvalue weighted by Gasteiger charge is 2.54. The van der Waals surface area contributed by atoms with E-state index in [4.69, 9.17) is 0 Å². The molecular formula is C15H28O4. The van der Waals surface area contributed by atoms with E-state index in [2.05, 4.69) is 6.92 Å². The molecule has 0 fully saturated rings. The fourth-order valence-electron chi connectivity index (χ4n) is 2.49. The maximum absolute atomic E-state index is 11.5. The van der Waals surface area contributed by atoms with Crippen molar-refractivity contribution in [2.45, 2.75) is 72.6 Å². The van der Waals surface area contributed by atoms with Crippen LogP contribution >= 0.6 is 0 Å². The van der Waals surface area contributed by atoms with Crippen molar-refractivity contribution in [2.75, 3.05) is 0 Å². The third kappa shape index (κ3) is 4.51. The van der Waals surface area contributed by atoms with E-state index in [9.17, 15) is 19.8 Å². The maximum Gasteiger partial charge on any atom is 0.321 e. The maximum atomic E-state index is 11.5. The van der Waals surface area contributed by atoms with Crippen LogP contribution in [-0.4, -0.2) is 22.2 Å². The lowest BCUT2D eigenvalue weighted by atomic mass is 9.64. The average Bonchev–Trinajstić information content (AvgIpc) is 2.25. The Morgan fingerprint density at radius 1 is 0.842 bits per heavy atom. The minimum Gasteiger partial charge on any atom is -0.480 e. The van der Waals surface area contributed by atoms with Crippen LogP contribution in [0.1, 0.15) is 72.6 Å². The molecule has 0 aromatic carbocycles. The lowest BCUT2D eigenvalue weighted by Crippen LogP contribution is -2.49. The molecule has 0 aromatic rings. The Bertz CT molecular complexity index is 288. The van der Waals surface area contributed by atoms with Crippen LogP contribution in [0.3, 0.4) is 0 Å². The molecule has 0 rings (SSSR count). The minimum atomic E-state index is -1.68. The lowest BCUT2D eigenvalue weighted by molar-refractivity contribution is -0.174. The van der Waals surface area contributed by atoms with Gasteiger partial charge in [-0.1, -0.05) is 66.2 Å². The zero-order chi connectivity index (χ0) is 15.1. The molecule has 0 spiro atoms. The third-order valence-corrected chi connectivity index (χ3v) is 3.92. The van der Waals surface area contributed by atoms with Gasteiger partial charge in [0.2, 0.25) is 0 Å². The first-order chi connectivity index (χ1) is 8.70. The molecule has 2 N–H and O–H groups in total. The van der Waals surface area contributed by atoms with Crippen molar-refractivity contribution in [1.29, 1.82) is 0 Å². The van der Waals surface area contributed by atoms with Crippen LogP contribution in [0.5, 0.6) is 0 Å². The standard InChI is InChI=1S/C15H28O4/c1-5-6-7-8-9-10-11-15(12(16)17,13(18)19)14(2,3)4/h5-11H2,1-4H3,(H,16,17)(H,18,19). The van der Waals surface area contributed by atoms with Crippen LogP contribution in [0, 0.1) is 10.8 Å². The second-order valence-corrected chi connectivity index (χ2v) is 6.28. The summed E-state index contributed by atoms with van der Waals surface area (Å²) in [6.07, 6.45) is 6.29. The van der Waals surface area contributed by atoms with E-state index < -0.39 is 22.8 Å². The number of hydrogen-bond donors (Lipinski definition) is 2. The normalized spacial score (nSPS) is 12.4. The van der Waals surface area contributed by atoms with Crippen LogP contribution < -0.4 is 0 Å². The lowest BCUT2D eigenvalue weighted by Gasteiger charge is -2.37. The third-order valence-electron chi connectivity index (χ3n) is 3.92. The Kier molecular flexibility index (Phi) is 7.09. The van der Waals surface area contributed by atoms with Crippen LogP contribution in [0.25, 0.3) is 0 Å². The van der Waals surface area contributed by atoms with E-state index in [0.717, 1.165) is 25.7 Å². The molecule has 0 saturated carbocycles. The van der Waals surface area contributed by atoms with E-state index in [-0.39, 0.29) is 6.42 Å². The monoisotopic (exact) mass is 272 g/mol. The van der Waals surface area contributed by atoms with Crippen LogP contribution in [0.15, 0.2) is 0 Å². The molecule has 0 aliphatic rings. The van der Waals surface area contributed by atoms with Gasteiger partial charge in [-0.3, -0.25) is 9.59 Å². The summed E-state index contributed by atoms with van der Waals surface area (Å²) in [6, 6.07) is 0. The Hall–Kier alpha value is -1.06. The molecule has 0 aliphatic carbocycles. The number of aliphatic carboxylic acids is 2. The Balaban J connectivity index is 4.62. The first-order valence-electron chi connectivity index (χ1n) is 7.17. The van der Waals surface area contributed by atoms with Crippen molar-refractivity contribution in [3.8, 4) is 0 Å². The molecule has 0 amide bonds. The quantitative estimate of drug-likeness (QED) is 0.492. The zero-order valence-electron chi connectivity index (χ0n) is 12.7. The Morgan fingerprint density at radius 3 is 1.63 bits per heavy atom. The van der Waals surface area contributed by atoms with Crippen molar-refractivity contribution in [3.05, 3.63) is 0 Å². The van der Waals surface area contributed by atoms with Gasteiger partial charge in [0, 0.05) is 0 Å². The number of carboxylic acids is 2. The summed E-state index contributed by atoms with van der Waals surface area (Å²) in [4.78, 5) is 23.0. The number of carboxylic acid groups (broad SMARTS) is 2. The zero-order valence-corrected chi connectivity index (χ0v) is 12.7. The molecule has 0 radical (unpaired) electrons.